The van der Waals surface area contributed by atoms with Crippen molar-refractivity contribution in [3.05, 3.63) is 35.8 Å². The first-order valence-electron chi connectivity index (χ1n) is 9.51. The van der Waals surface area contributed by atoms with Crippen LogP contribution in [0.5, 0.6) is 11.5 Å². The largest absolute Gasteiger partial charge is 0.486 e. The van der Waals surface area contributed by atoms with E-state index in [2.05, 4.69) is 15.3 Å². The molecule has 0 spiro atoms. The average Bonchev–Trinajstić information content (AvgIpc) is 2.96. The molecule has 1 N–H and O–H groups in total. The van der Waals surface area contributed by atoms with Crippen LogP contribution in [-0.4, -0.2) is 47.1 Å². The molecular formula is C20H24N4O3. The highest BCUT2D eigenvalue weighted by Gasteiger charge is 2.20. The molecule has 0 bridgehead atoms. The lowest BCUT2D eigenvalue weighted by molar-refractivity contribution is 0.0755. The number of carbonyl (C=O) groups is 1. The van der Waals surface area contributed by atoms with E-state index in [1.807, 2.05) is 23.1 Å². The number of hydrogen-bond donors (Lipinski definition) is 1. The van der Waals surface area contributed by atoms with Gasteiger partial charge in [-0.25, -0.2) is 9.97 Å². The van der Waals surface area contributed by atoms with E-state index in [0.29, 0.717) is 36.3 Å². The number of fused-ring (bicyclic) bond motifs is 1. The molecule has 0 aliphatic carbocycles. The molecule has 1 saturated heterocycles. The number of amides is 1. The minimum atomic E-state index is -0.0207. The summed E-state index contributed by atoms with van der Waals surface area (Å²) in [6, 6.07) is 7.37. The molecule has 0 radical (unpaired) electrons. The van der Waals surface area contributed by atoms with Gasteiger partial charge in [0, 0.05) is 30.9 Å². The van der Waals surface area contributed by atoms with E-state index in [9.17, 15) is 4.79 Å². The Bertz CT molecular complexity index is 832. The number of hydrogen-bond acceptors (Lipinski definition) is 6. The summed E-state index contributed by atoms with van der Waals surface area (Å²) in [6.07, 6.45) is 4.48. The maximum atomic E-state index is 12.9. The number of nitrogens with zero attached hydrogens (tertiary/aromatic N) is 3. The number of anilines is 2. The first-order valence-corrected chi connectivity index (χ1v) is 9.51. The molecule has 1 amide bonds. The van der Waals surface area contributed by atoms with Crippen LogP contribution >= 0.6 is 0 Å². The fraction of sp³-hybridized carbons (Fsp3) is 0.450. The quantitative estimate of drug-likeness (QED) is 0.896. The third kappa shape index (κ3) is 4.13. The number of nitrogens with one attached hydrogen (secondary N) is 1. The Morgan fingerprint density at radius 1 is 1.00 bits per heavy atom. The van der Waals surface area contributed by atoms with Gasteiger partial charge in [0.1, 0.15) is 30.5 Å². The molecular weight excluding hydrogens is 344 g/mol. The number of ether oxygens (including phenoxy) is 2. The fourth-order valence-corrected chi connectivity index (χ4v) is 3.45. The molecule has 0 saturated carbocycles. The lowest BCUT2D eigenvalue weighted by Crippen LogP contribution is -2.32. The zero-order chi connectivity index (χ0) is 18.6. The van der Waals surface area contributed by atoms with Gasteiger partial charge in [-0.1, -0.05) is 12.8 Å². The fourth-order valence-electron chi connectivity index (χ4n) is 3.45. The Hall–Kier alpha value is -2.83. The normalized spacial score (nSPS) is 16.6. The maximum absolute atomic E-state index is 12.9. The van der Waals surface area contributed by atoms with E-state index in [4.69, 9.17) is 9.47 Å². The summed E-state index contributed by atoms with van der Waals surface area (Å²) in [5, 5.41) is 3.25. The Balaban J connectivity index is 1.54. The van der Waals surface area contributed by atoms with Gasteiger partial charge in [-0.3, -0.25) is 4.79 Å². The SMILES string of the molecule is Cc1nc(Nc2ccc3c(c2)OCCO3)cc(C(=O)N2CCCCCC2)n1. The van der Waals surface area contributed by atoms with Crippen molar-refractivity contribution in [3.8, 4) is 11.5 Å². The van der Waals surface area contributed by atoms with Crippen molar-refractivity contribution in [3.63, 3.8) is 0 Å². The molecule has 0 atom stereocenters. The summed E-state index contributed by atoms with van der Waals surface area (Å²) in [5.74, 6) is 2.58. The smallest absolute Gasteiger partial charge is 0.272 e. The Labute approximate surface area is 158 Å². The first kappa shape index (κ1) is 17.6. The van der Waals surface area contributed by atoms with Crippen molar-refractivity contribution in [1.29, 1.82) is 0 Å². The Kier molecular flexibility index (Phi) is 5.09. The van der Waals surface area contributed by atoms with E-state index >= 15 is 0 Å². The number of carbonyl (C=O) groups excluding carboxylic acids is 1. The molecule has 1 aromatic carbocycles. The summed E-state index contributed by atoms with van der Waals surface area (Å²) >= 11 is 0. The van der Waals surface area contributed by atoms with Crippen LogP contribution in [0.2, 0.25) is 0 Å². The topological polar surface area (TPSA) is 76.6 Å². The van der Waals surface area contributed by atoms with Crippen molar-refractivity contribution < 1.29 is 14.3 Å². The van der Waals surface area contributed by atoms with Crippen molar-refractivity contribution in [1.82, 2.24) is 14.9 Å². The summed E-state index contributed by atoms with van der Waals surface area (Å²) in [6.45, 7) is 4.50. The summed E-state index contributed by atoms with van der Waals surface area (Å²) in [5.41, 5.74) is 1.26. The van der Waals surface area contributed by atoms with Crippen molar-refractivity contribution >= 4 is 17.4 Å². The molecule has 1 fully saturated rings. The zero-order valence-electron chi connectivity index (χ0n) is 15.5. The second-order valence-electron chi connectivity index (χ2n) is 6.88. The third-order valence-electron chi connectivity index (χ3n) is 4.76. The molecule has 2 aromatic rings. The molecule has 2 aliphatic heterocycles. The van der Waals surface area contributed by atoms with Gasteiger partial charge in [0.2, 0.25) is 0 Å². The van der Waals surface area contributed by atoms with Gasteiger partial charge < -0.3 is 19.7 Å². The van der Waals surface area contributed by atoms with E-state index in [1.165, 1.54) is 12.8 Å². The first-order chi connectivity index (χ1) is 13.2. The predicted molar refractivity (Wildman–Crippen MR) is 102 cm³/mol. The molecule has 0 unspecified atom stereocenters. The Morgan fingerprint density at radius 3 is 2.52 bits per heavy atom. The van der Waals surface area contributed by atoms with Crippen molar-refractivity contribution in [2.24, 2.45) is 0 Å². The molecule has 1 aromatic heterocycles. The molecule has 142 valence electrons. The van der Waals surface area contributed by atoms with E-state index in [0.717, 1.165) is 37.4 Å². The standard InChI is InChI=1S/C20H24N4O3/c1-14-21-16(20(25)24-8-4-2-3-5-9-24)13-19(22-14)23-15-6-7-17-18(12-15)27-11-10-26-17/h6-7,12-13H,2-5,8-11H2,1H3,(H,21,22,23). The van der Waals surface area contributed by atoms with Crippen LogP contribution in [0.15, 0.2) is 24.3 Å². The molecule has 3 heterocycles. The van der Waals surface area contributed by atoms with Gasteiger partial charge in [0.25, 0.3) is 5.91 Å². The van der Waals surface area contributed by atoms with Crippen LogP contribution in [0.1, 0.15) is 42.0 Å². The zero-order valence-corrected chi connectivity index (χ0v) is 15.5. The van der Waals surface area contributed by atoms with Crippen LogP contribution in [-0.2, 0) is 0 Å². The van der Waals surface area contributed by atoms with Crippen LogP contribution in [0, 0.1) is 6.92 Å². The Morgan fingerprint density at radius 2 is 1.74 bits per heavy atom. The lowest BCUT2D eigenvalue weighted by atomic mass is 10.2. The van der Waals surface area contributed by atoms with Gasteiger partial charge in [0.05, 0.1) is 0 Å². The van der Waals surface area contributed by atoms with Gasteiger partial charge in [0.15, 0.2) is 11.5 Å². The summed E-state index contributed by atoms with van der Waals surface area (Å²) < 4.78 is 11.2. The minimum absolute atomic E-state index is 0.0207. The molecule has 4 rings (SSSR count). The van der Waals surface area contributed by atoms with Crippen LogP contribution in [0.4, 0.5) is 11.5 Å². The van der Waals surface area contributed by atoms with Crippen LogP contribution in [0.25, 0.3) is 0 Å². The van der Waals surface area contributed by atoms with Crippen LogP contribution < -0.4 is 14.8 Å². The van der Waals surface area contributed by atoms with Gasteiger partial charge in [-0.05, 0) is 31.9 Å². The number of benzene rings is 1. The van der Waals surface area contributed by atoms with E-state index < -0.39 is 0 Å². The molecule has 7 nitrogen and oxygen atoms in total. The highest BCUT2D eigenvalue weighted by atomic mass is 16.6. The minimum Gasteiger partial charge on any atom is -0.486 e. The summed E-state index contributed by atoms with van der Waals surface area (Å²) in [7, 11) is 0. The van der Waals surface area contributed by atoms with Gasteiger partial charge in [-0.15, -0.1) is 0 Å². The van der Waals surface area contributed by atoms with Gasteiger partial charge >= 0.3 is 0 Å². The maximum Gasteiger partial charge on any atom is 0.272 e. The number of likely N-dealkylation sites (tertiary alicyclic amines) is 1. The number of aromatic nitrogens is 2. The van der Waals surface area contributed by atoms with Crippen molar-refractivity contribution in [2.45, 2.75) is 32.6 Å². The number of aryl methyl sites for hydroxylation is 1. The number of rotatable bonds is 3. The van der Waals surface area contributed by atoms with Gasteiger partial charge in [-0.2, -0.15) is 0 Å². The monoisotopic (exact) mass is 368 g/mol. The molecule has 7 heteroatoms. The highest BCUT2D eigenvalue weighted by molar-refractivity contribution is 5.93. The summed E-state index contributed by atoms with van der Waals surface area (Å²) in [4.78, 5) is 23.6. The average molecular weight is 368 g/mol. The highest BCUT2D eigenvalue weighted by Crippen LogP contribution is 2.33. The lowest BCUT2D eigenvalue weighted by Gasteiger charge is -2.20. The van der Waals surface area contributed by atoms with Crippen molar-refractivity contribution in [2.75, 3.05) is 31.6 Å². The molecule has 27 heavy (non-hydrogen) atoms. The predicted octanol–water partition coefficient (Wildman–Crippen LogP) is 3.32. The molecule has 2 aliphatic rings. The third-order valence-corrected chi connectivity index (χ3v) is 4.76. The second-order valence-corrected chi connectivity index (χ2v) is 6.88. The van der Waals surface area contributed by atoms with E-state index in [-0.39, 0.29) is 5.91 Å². The van der Waals surface area contributed by atoms with Crippen LogP contribution in [0.3, 0.4) is 0 Å². The van der Waals surface area contributed by atoms with E-state index in [1.54, 1.807) is 13.0 Å². The second kappa shape index (κ2) is 7.82.